The Hall–Kier alpha value is -2.73. The number of benzene rings is 2. The Balaban J connectivity index is 1.90. The average molecular weight is 355 g/mol. The van der Waals surface area contributed by atoms with Crippen LogP contribution in [0, 0.1) is 30.9 Å². The van der Waals surface area contributed by atoms with E-state index in [-0.39, 0.29) is 11.6 Å². The van der Waals surface area contributed by atoms with Gasteiger partial charge in [-0.15, -0.1) is 0 Å². The molecule has 0 fully saturated rings. The molecule has 0 aromatic heterocycles. The summed E-state index contributed by atoms with van der Waals surface area (Å²) in [4.78, 5) is 24.7. The Morgan fingerprint density at radius 1 is 1.12 bits per heavy atom. The second-order valence-electron chi connectivity index (χ2n) is 6.72. The number of nitro groups is 1. The number of carbonyl (C=O) groups is 1. The Bertz CT molecular complexity index is 818. The van der Waals surface area contributed by atoms with E-state index in [4.69, 9.17) is 0 Å². The Morgan fingerprint density at radius 2 is 1.85 bits per heavy atom. The number of anilines is 1. The summed E-state index contributed by atoms with van der Waals surface area (Å²) in [7, 11) is 1.98. The van der Waals surface area contributed by atoms with E-state index in [0.29, 0.717) is 18.7 Å². The van der Waals surface area contributed by atoms with E-state index in [1.165, 1.54) is 28.8 Å². The molecule has 0 spiro atoms. The van der Waals surface area contributed by atoms with Gasteiger partial charge in [0.25, 0.3) is 5.69 Å². The van der Waals surface area contributed by atoms with Gasteiger partial charge in [-0.25, -0.2) is 0 Å². The number of amides is 1. The maximum Gasteiger partial charge on any atom is 0.271 e. The summed E-state index contributed by atoms with van der Waals surface area (Å²) < 4.78 is 0. The fourth-order valence-corrected chi connectivity index (χ4v) is 2.76. The van der Waals surface area contributed by atoms with Crippen LogP contribution in [0.4, 0.5) is 11.4 Å². The number of aryl methyl sites for hydroxylation is 3. The highest BCUT2D eigenvalue weighted by atomic mass is 16.6. The van der Waals surface area contributed by atoms with Gasteiger partial charge in [0.05, 0.1) is 10.6 Å². The number of nitrogens with zero attached hydrogens (tertiary/aromatic N) is 2. The van der Waals surface area contributed by atoms with Gasteiger partial charge in [-0.1, -0.05) is 29.8 Å². The van der Waals surface area contributed by atoms with E-state index in [0.717, 1.165) is 12.1 Å². The van der Waals surface area contributed by atoms with Crippen molar-refractivity contribution < 1.29 is 9.72 Å². The number of rotatable bonds is 7. The van der Waals surface area contributed by atoms with E-state index in [1.54, 1.807) is 6.07 Å². The highest BCUT2D eigenvalue weighted by Gasteiger charge is 2.12. The van der Waals surface area contributed by atoms with Crippen molar-refractivity contribution in [2.75, 3.05) is 18.9 Å². The van der Waals surface area contributed by atoms with E-state index < -0.39 is 4.92 Å². The lowest BCUT2D eigenvalue weighted by Gasteiger charge is -2.18. The molecule has 6 nitrogen and oxygen atoms in total. The van der Waals surface area contributed by atoms with Crippen LogP contribution >= 0.6 is 0 Å². The van der Waals surface area contributed by atoms with Crippen LogP contribution in [0.2, 0.25) is 0 Å². The molecule has 0 radical (unpaired) electrons. The number of hydrogen-bond donors (Lipinski definition) is 1. The van der Waals surface area contributed by atoms with Crippen LogP contribution in [-0.2, 0) is 11.3 Å². The van der Waals surface area contributed by atoms with Crippen molar-refractivity contribution in [2.24, 2.45) is 0 Å². The summed E-state index contributed by atoms with van der Waals surface area (Å²) in [5.74, 6) is -0.152. The van der Waals surface area contributed by atoms with Gasteiger partial charge >= 0.3 is 0 Å². The van der Waals surface area contributed by atoms with Crippen molar-refractivity contribution in [3.8, 4) is 0 Å². The van der Waals surface area contributed by atoms with Crippen molar-refractivity contribution >= 4 is 17.3 Å². The molecule has 138 valence electrons. The maximum atomic E-state index is 12.2. The molecule has 0 aliphatic heterocycles. The Labute approximate surface area is 154 Å². The molecule has 0 aliphatic carbocycles. The lowest BCUT2D eigenvalue weighted by atomic mass is 10.1. The minimum atomic E-state index is -0.465. The quantitative estimate of drug-likeness (QED) is 0.602. The predicted molar refractivity (Wildman–Crippen MR) is 103 cm³/mol. The second kappa shape index (κ2) is 8.58. The van der Waals surface area contributed by atoms with Gasteiger partial charge in [0.1, 0.15) is 0 Å². The molecule has 0 bridgehead atoms. The molecule has 2 rings (SSSR count). The first-order chi connectivity index (χ1) is 12.3. The largest absolute Gasteiger partial charge is 0.326 e. The molecular formula is C20H25N3O3. The molecule has 1 N–H and O–H groups in total. The maximum absolute atomic E-state index is 12.2. The molecular weight excluding hydrogens is 330 g/mol. The highest BCUT2D eigenvalue weighted by Crippen LogP contribution is 2.22. The van der Waals surface area contributed by atoms with Gasteiger partial charge in [0.15, 0.2) is 0 Å². The number of nitro benzene ring substituents is 1. The van der Waals surface area contributed by atoms with Crippen molar-refractivity contribution in [3.05, 3.63) is 68.8 Å². The molecule has 0 saturated carbocycles. The third kappa shape index (κ3) is 5.39. The number of carbonyl (C=O) groups excluding carboxylic acids is 1. The Morgan fingerprint density at radius 3 is 2.50 bits per heavy atom. The zero-order valence-electron chi connectivity index (χ0n) is 15.7. The molecule has 1 amide bonds. The van der Waals surface area contributed by atoms with Crippen LogP contribution in [0.3, 0.4) is 0 Å². The SMILES string of the molecule is Cc1ccc(CN(C)CCC(=O)Nc2cc([N+](=O)[O-])ccc2C)c(C)c1. The van der Waals surface area contributed by atoms with Crippen molar-refractivity contribution in [3.63, 3.8) is 0 Å². The van der Waals surface area contributed by atoms with Gasteiger partial charge in [0.2, 0.25) is 5.91 Å². The molecule has 0 aliphatic rings. The molecule has 0 atom stereocenters. The molecule has 0 heterocycles. The smallest absolute Gasteiger partial charge is 0.271 e. The van der Waals surface area contributed by atoms with Gasteiger partial charge in [-0.05, 0) is 44.5 Å². The first-order valence-electron chi connectivity index (χ1n) is 8.56. The molecule has 2 aromatic carbocycles. The monoisotopic (exact) mass is 355 g/mol. The molecule has 2 aromatic rings. The van der Waals surface area contributed by atoms with Crippen LogP contribution < -0.4 is 5.32 Å². The van der Waals surface area contributed by atoms with Crippen molar-refractivity contribution in [1.29, 1.82) is 0 Å². The summed E-state index contributed by atoms with van der Waals surface area (Å²) in [5.41, 5.74) is 4.98. The van der Waals surface area contributed by atoms with Crippen LogP contribution in [-0.4, -0.2) is 29.3 Å². The Kier molecular flexibility index (Phi) is 6.46. The van der Waals surface area contributed by atoms with Crippen LogP contribution in [0.5, 0.6) is 0 Å². The average Bonchev–Trinajstić information content (AvgIpc) is 2.57. The minimum Gasteiger partial charge on any atom is -0.326 e. The van der Waals surface area contributed by atoms with Crippen molar-refractivity contribution in [2.45, 2.75) is 33.7 Å². The van der Waals surface area contributed by atoms with E-state index in [2.05, 4.69) is 42.3 Å². The van der Waals surface area contributed by atoms with Gasteiger partial charge in [-0.3, -0.25) is 14.9 Å². The van der Waals surface area contributed by atoms with Gasteiger partial charge in [0, 0.05) is 31.6 Å². The zero-order chi connectivity index (χ0) is 19.3. The van der Waals surface area contributed by atoms with Gasteiger partial charge in [-0.2, -0.15) is 0 Å². The van der Waals surface area contributed by atoms with Gasteiger partial charge < -0.3 is 10.2 Å². The highest BCUT2D eigenvalue weighted by molar-refractivity contribution is 5.92. The summed E-state index contributed by atoms with van der Waals surface area (Å²) in [6, 6.07) is 10.8. The third-order valence-electron chi connectivity index (χ3n) is 4.37. The predicted octanol–water partition coefficient (Wildman–Crippen LogP) is 3.98. The topological polar surface area (TPSA) is 75.5 Å². The van der Waals surface area contributed by atoms with Crippen LogP contribution in [0.1, 0.15) is 28.7 Å². The molecule has 0 unspecified atom stereocenters. The zero-order valence-corrected chi connectivity index (χ0v) is 15.7. The number of non-ortho nitro benzene ring substituents is 1. The summed E-state index contributed by atoms with van der Waals surface area (Å²) in [6.07, 6.45) is 0.323. The van der Waals surface area contributed by atoms with E-state index in [1.807, 2.05) is 14.0 Å². The standard InChI is InChI=1S/C20H25N3O3/c1-14-5-7-17(16(3)11-14)13-22(4)10-9-20(24)21-19-12-18(23(25)26)8-6-15(19)2/h5-8,11-12H,9-10,13H2,1-4H3,(H,21,24). The normalized spacial score (nSPS) is 10.8. The van der Waals surface area contributed by atoms with Crippen molar-refractivity contribution in [1.82, 2.24) is 4.90 Å². The molecule has 26 heavy (non-hydrogen) atoms. The summed E-state index contributed by atoms with van der Waals surface area (Å²) >= 11 is 0. The fourth-order valence-electron chi connectivity index (χ4n) is 2.76. The van der Waals surface area contributed by atoms with E-state index >= 15 is 0 Å². The first kappa shape index (κ1) is 19.6. The van der Waals surface area contributed by atoms with Crippen LogP contribution in [0.15, 0.2) is 36.4 Å². The minimum absolute atomic E-state index is 0.0298. The summed E-state index contributed by atoms with van der Waals surface area (Å²) in [5, 5.41) is 13.6. The molecule has 6 heteroatoms. The van der Waals surface area contributed by atoms with Crippen LogP contribution in [0.25, 0.3) is 0 Å². The van der Waals surface area contributed by atoms with E-state index in [9.17, 15) is 14.9 Å². The second-order valence-corrected chi connectivity index (χ2v) is 6.72. The number of hydrogen-bond acceptors (Lipinski definition) is 4. The summed E-state index contributed by atoms with van der Waals surface area (Å²) in [6.45, 7) is 7.35. The molecule has 0 saturated heterocycles. The third-order valence-corrected chi connectivity index (χ3v) is 4.37. The lowest BCUT2D eigenvalue weighted by Crippen LogP contribution is -2.24. The fraction of sp³-hybridized carbons (Fsp3) is 0.350. The number of nitrogens with one attached hydrogen (secondary N) is 1. The lowest BCUT2D eigenvalue weighted by molar-refractivity contribution is -0.384. The first-order valence-corrected chi connectivity index (χ1v) is 8.56.